The van der Waals surface area contributed by atoms with Gasteiger partial charge in [-0.05, 0) is 49.9 Å². The van der Waals surface area contributed by atoms with Crippen molar-refractivity contribution in [2.24, 2.45) is 21.5 Å². The van der Waals surface area contributed by atoms with Gasteiger partial charge in [0.1, 0.15) is 0 Å². The molecule has 0 amide bonds. The molecule has 0 radical (unpaired) electrons. The summed E-state index contributed by atoms with van der Waals surface area (Å²) in [6, 6.07) is 5.94. The Balaban J connectivity index is 2.13. The summed E-state index contributed by atoms with van der Waals surface area (Å²) in [5.74, 6) is 0.662. The molecule has 5 nitrogen and oxygen atoms in total. The molecule has 1 aliphatic rings. The van der Waals surface area contributed by atoms with Crippen LogP contribution in [-0.4, -0.2) is 29.9 Å². The number of nitrogens with zero attached hydrogens (tertiary/aromatic N) is 3. The van der Waals surface area contributed by atoms with Gasteiger partial charge in [0.25, 0.3) is 0 Å². The van der Waals surface area contributed by atoms with Gasteiger partial charge >= 0.3 is 0 Å². The van der Waals surface area contributed by atoms with Gasteiger partial charge in [0.05, 0.1) is 5.69 Å². The molecule has 1 aromatic carbocycles. The largest absolute Gasteiger partial charge is 0.369 e. The van der Waals surface area contributed by atoms with Crippen molar-refractivity contribution in [3.8, 4) is 0 Å². The quantitative estimate of drug-likeness (QED) is 0.594. The van der Waals surface area contributed by atoms with Gasteiger partial charge in [-0.2, -0.15) is 4.99 Å². The van der Waals surface area contributed by atoms with E-state index < -0.39 is 0 Å². The first-order valence-electron chi connectivity index (χ1n) is 6.57. The van der Waals surface area contributed by atoms with Crippen molar-refractivity contribution in [1.82, 2.24) is 4.90 Å². The van der Waals surface area contributed by atoms with Gasteiger partial charge in [-0.25, -0.2) is 4.99 Å². The molecule has 1 saturated heterocycles. The molecule has 2 rings (SSSR count). The third-order valence-electron chi connectivity index (χ3n) is 3.39. The van der Waals surface area contributed by atoms with Crippen LogP contribution < -0.4 is 11.5 Å². The van der Waals surface area contributed by atoms with Crippen molar-refractivity contribution in [2.45, 2.75) is 26.7 Å². The van der Waals surface area contributed by atoms with Gasteiger partial charge in [0.2, 0.25) is 5.96 Å². The highest BCUT2D eigenvalue weighted by Crippen LogP contribution is 2.17. The Morgan fingerprint density at radius 1 is 1.11 bits per heavy atom. The normalized spacial score (nSPS) is 17.1. The Kier molecular flexibility index (Phi) is 4.04. The zero-order chi connectivity index (χ0) is 13.8. The van der Waals surface area contributed by atoms with E-state index in [0.29, 0.717) is 5.96 Å². The molecule has 0 saturated carbocycles. The molecule has 1 heterocycles. The van der Waals surface area contributed by atoms with E-state index in [2.05, 4.69) is 16.9 Å². The van der Waals surface area contributed by atoms with Crippen LogP contribution in [0.3, 0.4) is 0 Å². The fourth-order valence-electron chi connectivity index (χ4n) is 2.09. The zero-order valence-electron chi connectivity index (χ0n) is 11.6. The molecule has 102 valence electrons. The SMILES string of the molecule is Cc1ccc(N=C(N)/N=C(\N)N2CCCC2)cc1C. The van der Waals surface area contributed by atoms with Crippen molar-refractivity contribution in [3.05, 3.63) is 29.3 Å². The number of hydrogen-bond acceptors (Lipinski definition) is 1. The van der Waals surface area contributed by atoms with E-state index in [0.717, 1.165) is 31.6 Å². The lowest BCUT2D eigenvalue weighted by atomic mass is 10.1. The average molecular weight is 259 g/mol. The summed E-state index contributed by atoms with van der Waals surface area (Å²) in [6.07, 6.45) is 2.31. The van der Waals surface area contributed by atoms with Crippen LogP contribution in [0.2, 0.25) is 0 Å². The van der Waals surface area contributed by atoms with Crippen LogP contribution in [0.1, 0.15) is 24.0 Å². The Hall–Kier alpha value is -2.04. The molecular weight excluding hydrogens is 238 g/mol. The summed E-state index contributed by atoms with van der Waals surface area (Å²) < 4.78 is 0. The number of rotatable bonds is 1. The van der Waals surface area contributed by atoms with E-state index in [1.54, 1.807) is 0 Å². The van der Waals surface area contributed by atoms with E-state index in [1.807, 2.05) is 30.0 Å². The minimum atomic E-state index is 0.202. The number of aryl methyl sites for hydroxylation is 2. The number of aliphatic imine (C=N–C) groups is 2. The van der Waals surface area contributed by atoms with Crippen molar-refractivity contribution < 1.29 is 0 Å². The van der Waals surface area contributed by atoms with Crippen LogP contribution >= 0.6 is 0 Å². The highest BCUT2D eigenvalue weighted by Gasteiger charge is 2.13. The van der Waals surface area contributed by atoms with Crippen molar-refractivity contribution in [3.63, 3.8) is 0 Å². The second kappa shape index (κ2) is 5.73. The maximum Gasteiger partial charge on any atom is 0.223 e. The molecular formula is C14H21N5. The van der Waals surface area contributed by atoms with E-state index in [4.69, 9.17) is 11.5 Å². The molecule has 19 heavy (non-hydrogen) atoms. The van der Waals surface area contributed by atoms with Gasteiger partial charge in [-0.15, -0.1) is 0 Å². The molecule has 0 aliphatic carbocycles. The minimum absolute atomic E-state index is 0.202. The highest BCUT2D eigenvalue weighted by atomic mass is 15.3. The molecule has 5 heteroatoms. The van der Waals surface area contributed by atoms with Crippen molar-refractivity contribution in [1.29, 1.82) is 0 Å². The first-order valence-corrected chi connectivity index (χ1v) is 6.57. The summed E-state index contributed by atoms with van der Waals surface area (Å²) in [7, 11) is 0. The van der Waals surface area contributed by atoms with Crippen LogP contribution in [0.15, 0.2) is 28.2 Å². The maximum atomic E-state index is 5.90. The van der Waals surface area contributed by atoms with Gasteiger partial charge in [-0.1, -0.05) is 6.07 Å². The van der Waals surface area contributed by atoms with E-state index >= 15 is 0 Å². The summed E-state index contributed by atoms with van der Waals surface area (Å²) in [6.45, 7) is 6.01. The Morgan fingerprint density at radius 2 is 1.79 bits per heavy atom. The first-order chi connectivity index (χ1) is 9.06. The van der Waals surface area contributed by atoms with Crippen LogP contribution in [0.25, 0.3) is 0 Å². The van der Waals surface area contributed by atoms with Crippen LogP contribution in [0.4, 0.5) is 5.69 Å². The predicted octanol–water partition coefficient (Wildman–Crippen LogP) is 1.66. The number of benzene rings is 1. The predicted molar refractivity (Wildman–Crippen MR) is 79.6 cm³/mol. The topological polar surface area (TPSA) is 80.0 Å². The van der Waals surface area contributed by atoms with Gasteiger partial charge in [0.15, 0.2) is 5.96 Å². The van der Waals surface area contributed by atoms with E-state index in [1.165, 1.54) is 11.1 Å². The smallest absolute Gasteiger partial charge is 0.223 e. The van der Waals surface area contributed by atoms with Crippen molar-refractivity contribution >= 4 is 17.6 Å². The second-order valence-electron chi connectivity index (χ2n) is 4.90. The lowest BCUT2D eigenvalue weighted by Crippen LogP contribution is -2.36. The molecule has 0 unspecified atom stereocenters. The van der Waals surface area contributed by atoms with Gasteiger partial charge < -0.3 is 16.4 Å². The number of hydrogen-bond donors (Lipinski definition) is 2. The Bertz CT molecular complexity index is 513. The lowest BCUT2D eigenvalue weighted by molar-refractivity contribution is 0.514. The molecule has 0 spiro atoms. The standard InChI is InChI=1S/C14H21N5/c1-10-5-6-12(9-11(10)2)17-13(15)18-14(16)19-7-3-4-8-19/h5-6,9H,3-4,7-8H2,1-2H3,(H4,15,16,17,18). The third kappa shape index (κ3) is 3.47. The molecule has 0 bridgehead atoms. The van der Waals surface area contributed by atoms with Crippen LogP contribution in [0.5, 0.6) is 0 Å². The average Bonchev–Trinajstić information content (AvgIpc) is 2.87. The summed E-state index contributed by atoms with van der Waals surface area (Å²) in [4.78, 5) is 10.5. The number of likely N-dealkylation sites (tertiary alicyclic amines) is 1. The summed E-state index contributed by atoms with van der Waals surface area (Å²) >= 11 is 0. The second-order valence-corrected chi connectivity index (χ2v) is 4.90. The monoisotopic (exact) mass is 259 g/mol. The number of nitrogens with two attached hydrogens (primary N) is 2. The fourth-order valence-corrected chi connectivity index (χ4v) is 2.09. The molecule has 4 N–H and O–H groups in total. The fraction of sp³-hybridized carbons (Fsp3) is 0.429. The molecule has 1 aromatic rings. The maximum absolute atomic E-state index is 5.90. The van der Waals surface area contributed by atoms with Gasteiger partial charge in [-0.3, -0.25) is 0 Å². The first kappa shape index (κ1) is 13.4. The van der Waals surface area contributed by atoms with E-state index in [-0.39, 0.29) is 5.96 Å². The number of guanidine groups is 2. The lowest BCUT2D eigenvalue weighted by Gasteiger charge is -2.15. The Labute approximate surface area is 114 Å². The Morgan fingerprint density at radius 3 is 2.42 bits per heavy atom. The van der Waals surface area contributed by atoms with Crippen LogP contribution in [-0.2, 0) is 0 Å². The van der Waals surface area contributed by atoms with E-state index in [9.17, 15) is 0 Å². The minimum Gasteiger partial charge on any atom is -0.369 e. The highest BCUT2D eigenvalue weighted by molar-refractivity contribution is 5.94. The summed E-state index contributed by atoms with van der Waals surface area (Å²) in [5.41, 5.74) is 14.9. The molecule has 0 aromatic heterocycles. The van der Waals surface area contributed by atoms with Gasteiger partial charge in [0, 0.05) is 13.1 Å². The molecule has 1 fully saturated rings. The molecule has 1 aliphatic heterocycles. The van der Waals surface area contributed by atoms with Crippen molar-refractivity contribution in [2.75, 3.05) is 13.1 Å². The molecule has 0 atom stereocenters. The van der Waals surface area contributed by atoms with Crippen LogP contribution in [0, 0.1) is 13.8 Å². The zero-order valence-corrected chi connectivity index (χ0v) is 11.6. The third-order valence-corrected chi connectivity index (χ3v) is 3.39. The summed E-state index contributed by atoms with van der Waals surface area (Å²) in [5, 5.41) is 0.